The van der Waals surface area contributed by atoms with E-state index in [9.17, 15) is 4.79 Å². The lowest BCUT2D eigenvalue weighted by Crippen LogP contribution is -2.58. The first-order valence-corrected chi connectivity index (χ1v) is 9.40. The van der Waals surface area contributed by atoms with Gasteiger partial charge in [-0.3, -0.25) is 9.69 Å². The summed E-state index contributed by atoms with van der Waals surface area (Å²) >= 11 is 0. The Morgan fingerprint density at radius 3 is 2.48 bits per heavy atom. The van der Waals surface area contributed by atoms with Gasteiger partial charge in [0.15, 0.2) is 6.61 Å². The number of nitrogens with two attached hydrogens (primary N) is 2. The molecule has 0 radical (unpaired) electrons. The fourth-order valence-corrected chi connectivity index (χ4v) is 4.53. The molecular weight excluding hydrogens is 344 g/mol. The molecule has 0 unspecified atom stereocenters. The second-order valence-electron chi connectivity index (χ2n) is 7.58. The molecule has 8 heteroatoms. The van der Waals surface area contributed by atoms with Crippen LogP contribution in [0.4, 0.5) is 11.4 Å². The van der Waals surface area contributed by atoms with Crippen molar-refractivity contribution in [3.05, 3.63) is 16.7 Å². The Morgan fingerprint density at radius 1 is 1.07 bits per heavy atom. The molecule has 2 heterocycles. The summed E-state index contributed by atoms with van der Waals surface area (Å²) in [6, 6.07) is 0. The van der Waals surface area contributed by atoms with Gasteiger partial charge in [-0.1, -0.05) is 6.42 Å². The van der Waals surface area contributed by atoms with Crippen LogP contribution in [0.15, 0.2) is 9.98 Å². The molecule has 1 aliphatic carbocycles. The molecule has 8 nitrogen and oxygen atoms in total. The first kappa shape index (κ1) is 17.6. The van der Waals surface area contributed by atoms with Gasteiger partial charge in [-0.15, -0.1) is 0 Å². The third-order valence-corrected chi connectivity index (χ3v) is 5.90. The Labute approximate surface area is 158 Å². The van der Waals surface area contributed by atoms with Crippen molar-refractivity contribution in [2.75, 3.05) is 16.8 Å². The Balaban J connectivity index is 1.94. The topological polar surface area (TPSA) is 118 Å². The monoisotopic (exact) mass is 370 g/mol. The highest BCUT2D eigenvalue weighted by atomic mass is 16.5. The number of carbonyl (C=O) groups excluding carboxylic acids is 1. The maximum absolute atomic E-state index is 11.9. The summed E-state index contributed by atoms with van der Waals surface area (Å²) in [5, 5.41) is 2.96. The maximum Gasteiger partial charge on any atom is 0.262 e. The number of guanidine groups is 2. The van der Waals surface area contributed by atoms with Crippen LogP contribution in [0.5, 0.6) is 5.75 Å². The van der Waals surface area contributed by atoms with E-state index in [2.05, 4.69) is 10.3 Å². The number of carbonyl (C=O) groups is 1. The summed E-state index contributed by atoms with van der Waals surface area (Å²) in [6.45, 7) is 6.05. The van der Waals surface area contributed by atoms with E-state index in [4.69, 9.17) is 21.2 Å². The van der Waals surface area contributed by atoms with Gasteiger partial charge < -0.3 is 21.5 Å². The van der Waals surface area contributed by atoms with E-state index >= 15 is 0 Å². The lowest BCUT2D eigenvalue weighted by molar-refractivity contribution is -0.118. The van der Waals surface area contributed by atoms with E-state index in [0.717, 1.165) is 53.8 Å². The van der Waals surface area contributed by atoms with Gasteiger partial charge in [0, 0.05) is 5.56 Å². The first-order chi connectivity index (χ1) is 12.8. The summed E-state index contributed by atoms with van der Waals surface area (Å²) < 4.78 is 5.71. The molecule has 1 amide bonds. The van der Waals surface area contributed by atoms with E-state index < -0.39 is 5.66 Å². The molecule has 2 aliphatic heterocycles. The standard InChI is InChI=1S/C19H26N6O2/c1-10-11(2)16-14(22-13(26)9-27-16)12(3)15(10)25-18(21)23-17(20)24-19(25)7-5-4-6-8-19/h4-9H2,1-3H3,(H,22,26)(H4,20,21,23,24). The van der Waals surface area contributed by atoms with Crippen molar-refractivity contribution in [1.82, 2.24) is 0 Å². The minimum absolute atomic E-state index is 0.0319. The molecule has 1 saturated carbocycles. The molecule has 1 aromatic rings. The SMILES string of the molecule is Cc1c(C)c(N2C(N)=NC(N)=NC23CCCCC3)c(C)c2c1OCC(=O)N2. The molecule has 27 heavy (non-hydrogen) atoms. The average molecular weight is 370 g/mol. The van der Waals surface area contributed by atoms with Gasteiger partial charge in [-0.05, 0) is 57.6 Å². The molecule has 1 aromatic carbocycles. The Morgan fingerprint density at radius 2 is 1.78 bits per heavy atom. The quantitative estimate of drug-likeness (QED) is 0.699. The largest absolute Gasteiger partial charge is 0.481 e. The highest BCUT2D eigenvalue weighted by Gasteiger charge is 2.44. The smallest absolute Gasteiger partial charge is 0.262 e. The maximum atomic E-state index is 11.9. The van der Waals surface area contributed by atoms with Gasteiger partial charge >= 0.3 is 0 Å². The molecule has 5 N–H and O–H groups in total. The van der Waals surface area contributed by atoms with Gasteiger partial charge in [0.1, 0.15) is 11.4 Å². The van der Waals surface area contributed by atoms with Crippen molar-refractivity contribution in [1.29, 1.82) is 0 Å². The number of rotatable bonds is 1. The van der Waals surface area contributed by atoms with Crippen LogP contribution in [0.2, 0.25) is 0 Å². The Hall–Kier alpha value is -2.77. The number of amides is 1. The molecule has 3 aliphatic rings. The second kappa shape index (κ2) is 6.14. The number of ether oxygens (including phenoxy) is 1. The number of hydrogen-bond donors (Lipinski definition) is 3. The Kier molecular flexibility index (Phi) is 4.01. The predicted molar refractivity (Wildman–Crippen MR) is 106 cm³/mol. The third-order valence-electron chi connectivity index (χ3n) is 5.90. The molecular formula is C19H26N6O2. The van der Waals surface area contributed by atoms with Crippen LogP contribution in [0.25, 0.3) is 0 Å². The average Bonchev–Trinajstić information content (AvgIpc) is 2.62. The van der Waals surface area contributed by atoms with Crippen LogP contribution in [-0.2, 0) is 4.79 Å². The van der Waals surface area contributed by atoms with E-state index in [0.29, 0.717) is 11.6 Å². The van der Waals surface area contributed by atoms with E-state index in [-0.39, 0.29) is 18.5 Å². The Bertz CT molecular complexity index is 883. The number of anilines is 2. The van der Waals surface area contributed by atoms with Crippen LogP contribution in [0, 0.1) is 20.8 Å². The number of aliphatic imine (C=N–C) groups is 2. The molecule has 0 bridgehead atoms. The second-order valence-corrected chi connectivity index (χ2v) is 7.58. The van der Waals surface area contributed by atoms with Crippen molar-refractivity contribution in [3.63, 3.8) is 0 Å². The zero-order chi connectivity index (χ0) is 19.3. The van der Waals surface area contributed by atoms with Gasteiger partial charge in [0.2, 0.25) is 11.9 Å². The normalized spacial score (nSPS) is 21.1. The summed E-state index contributed by atoms with van der Waals surface area (Å²) in [6.07, 6.45) is 5.02. The minimum Gasteiger partial charge on any atom is -0.481 e. The predicted octanol–water partition coefficient (Wildman–Crippen LogP) is 2.05. The lowest BCUT2D eigenvalue weighted by Gasteiger charge is -2.47. The first-order valence-electron chi connectivity index (χ1n) is 9.40. The van der Waals surface area contributed by atoms with Crippen LogP contribution >= 0.6 is 0 Å². The van der Waals surface area contributed by atoms with E-state index in [1.807, 2.05) is 25.7 Å². The number of hydrogen-bond acceptors (Lipinski definition) is 7. The van der Waals surface area contributed by atoms with Crippen LogP contribution in [0.3, 0.4) is 0 Å². The zero-order valence-electron chi connectivity index (χ0n) is 16.1. The highest BCUT2D eigenvalue weighted by Crippen LogP contribution is 2.47. The van der Waals surface area contributed by atoms with Gasteiger partial charge in [-0.25, -0.2) is 4.99 Å². The van der Waals surface area contributed by atoms with Gasteiger partial charge in [0.05, 0.1) is 11.4 Å². The van der Waals surface area contributed by atoms with Gasteiger partial charge in [0.25, 0.3) is 5.91 Å². The fourth-order valence-electron chi connectivity index (χ4n) is 4.53. The highest BCUT2D eigenvalue weighted by molar-refractivity contribution is 6.08. The van der Waals surface area contributed by atoms with Crippen molar-refractivity contribution in [3.8, 4) is 5.75 Å². The molecule has 1 fully saturated rings. The van der Waals surface area contributed by atoms with E-state index in [1.165, 1.54) is 6.42 Å². The van der Waals surface area contributed by atoms with Crippen molar-refractivity contribution >= 4 is 29.2 Å². The molecule has 0 atom stereocenters. The van der Waals surface area contributed by atoms with E-state index in [1.54, 1.807) is 0 Å². The third kappa shape index (κ3) is 2.62. The number of benzene rings is 1. The lowest BCUT2D eigenvalue weighted by atomic mass is 9.86. The molecule has 0 aromatic heterocycles. The van der Waals surface area contributed by atoms with Crippen molar-refractivity contribution in [2.24, 2.45) is 21.5 Å². The summed E-state index contributed by atoms with van der Waals surface area (Å²) in [5.74, 6) is 1.14. The molecule has 1 spiro atoms. The number of nitrogens with one attached hydrogen (secondary N) is 1. The van der Waals surface area contributed by atoms with Crippen LogP contribution in [0.1, 0.15) is 48.8 Å². The number of fused-ring (bicyclic) bond motifs is 1. The molecule has 144 valence electrons. The summed E-state index contributed by atoms with van der Waals surface area (Å²) in [5.41, 5.74) is 16.4. The minimum atomic E-state index is -0.524. The fraction of sp³-hybridized carbons (Fsp3) is 0.526. The van der Waals surface area contributed by atoms with Crippen LogP contribution < -0.4 is 26.4 Å². The summed E-state index contributed by atoms with van der Waals surface area (Å²) in [7, 11) is 0. The zero-order valence-corrected chi connectivity index (χ0v) is 16.1. The number of nitrogens with zero attached hydrogens (tertiary/aromatic N) is 3. The molecule has 0 saturated heterocycles. The summed E-state index contributed by atoms with van der Waals surface area (Å²) in [4.78, 5) is 23.0. The van der Waals surface area contributed by atoms with Crippen LogP contribution in [-0.4, -0.2) is 30.1 Å². The molecule has 4 rings (SSSR count). The van der Waals surface area contributed by atoms with Crippen molar-refractivity contribution < 1.29 is 9.53 Å². The van der Waals surface area contributed by atoms with Gasteiger partial charge in [-0.2, -0.15) is 4.99 Å². The van der Waals surface area contributed by atoms with Crippen molar-refractivity contribution in [2.45, 2.75) is 58.5 Å².